The lowest BCUT2D eigenvalue weighted by molar-refractivity contribution is -0.137. The monoisotopic (exact) mass is 282 g/mol. The number of halogens is 5. The lowest BCUT2D eigenvalue weighted by atomic mass is 10.1. The maximum absolute atomic E-state index is 13.2. The van der Waals surface area contributed by atoms with Crippen molar-refractivity contribution in [2.24, 2.45) is 0 Å². The molecule has 0 unspecified atom stereocenters. The van der Waals surface area contributed by atoms with Gasteiger partial charge in [0, 0.05) is 11.1 Å². The first-order chi connectivity index (χ1) is 8.23. The fourth-order valence-corrected chi connectivity index (χ4v) is 1.14. The van der Waals surface area contributed by atoms with Gasteiger partial charge in [0.1, 0.15) is 5.82 Å². The Kier molecular flexibility index (Phi) is 6.05. The van der Waals surface area contributed by atoms with Crippen molar-refractivity contribution < 1.29 is 22.4 Å². The van der Waals surface area contributed by atoms with Crippen molar-refractivity contribution in [1.29, 1.82) is 0 Å². The van der Waals surface area contributed by atoms with Gasteiger partial charge in [-0.15, -0.1) is 0 Å². The molecule has 18 heavy (non-hydrogen) atoms. The molecule has 0 aromatic heterocycles. The largest absolute Gasteiger partial charge is 0.416 e. The Morgan fingerprint density at radius 3 is 2.11 bits per heavy atom. The van der Waals surface area contributed by atoms with E-state index < -0.39 is 22.8 Å². The molecule has 0 saturated carbocycles. The number of benzene rings is 1. The Morgan fingerprint density at radius 1 is 1.28 bits per heavy atom. The van der Waals surface area contributed by atoms with Gasteiger partial charge in [-0.05, 0) is 23.7 Å². The van der Waals surface area contributed by atoms with Crippen molar-refractivity contribution in [1.82, 2.24) is 0 Å². The molecular weight excluding hydrogens is 272 g/mol. The molecule has 6 heteroatoms. The minimum atomic E-state index is -4.63. The van der Waals surface area contributed by atoms with Gasteiger partial charge >= 0.3 is 6.18 Å². The first-order valence-electron chi connectivity index (χ1n) is 4.99. The van der Waals surface area contributed by atoms with Gasteiger partial charge in [-0.2, -0.15) is 13.2 Å². The molecule has 1 aromatic rings. The molecule has 0 bridgehead atoms. The average molecular weight is 283 g/mol. The van der Waals surface area contributed by atoms with Gasteiger partial charge in [-0.3, -0.25) is 4.79 Å². The van der Waals surface area contributed by atoms with E-state index in [1.54, 1.807) is 0 Å². The van der Waals surface area contributed by atoms with Crippen LogP contribution in [0.2, 0.25) is 0 Å². The molecule has 1 rings (SSSR count). The SMILES string of the molecule is C=C(C(=O)Cl)c1ccc(C(F)(F)F)cc1F.CC. The van der Waals surface area contributed by atoms with Crippen LogP contribution in [0, 0.1) is 5.82 Å². The molecule has 0 heterocycles. The highest BCUT2D eigenvalue weighted by Gasteiger charge is 2.31. The van der Waals surface area contributed by atoms with E-state index in [2.05, 4.69) is 6.58 Å². The summed E-state index contributed by atoms with van der Waals surface area (Å²) in [6, 6.07) is 1.77. The zero-order chi connectivity index (χ0) is 14.5. The fraction of sp³-hybridized carbons (Fsp3) is 0.250. The van der Waals surface area contributed by atoms with Gasteiger partial charge in [-0.25, -0.2) is 4.39 Å². The normalized spacial score (nSPS) is 10.4. The number of carbonyl (C=O) groups excluding carboxylic acids is 1. The molecular formula is C12H11ClF4O. The van der Waals surface area contributed by atoms with E-state index in [4.69, 9.17) is 11.6 Å². The molecule has 1 nitrogen and oxygen atoms in total. The van der Waals surface area contributed by atoms with E-state index in [9.17, 15) is 22.4 Å². The van der Waals surface area contributed by atoms with Crippen LogP contribution in [0.3, 0.4) is 0 Å². The van der Waals surface area contributed by atoms with Crippen molar-refractivity contribution in [2.75, 3.05) is 0 Å². The number of hydrogen-bond acceptors (Lipinski definition) is 1. The van der Waals surface area contributed by atoms with Crippen molar-refractivity contribution in [3.05, 3.63) is 41.7 Å². The van der Waals surface area contributed by atoms with Crippen LogP contribution in [-0.4, -0.2) is 5.24 Å². The van der Waals surface area contributed by atoms with Crippen LogP contribution in [0.5, 0.6) is 0 Å². The van der Waals surface area contributed by atoms with Crippen LogP contribution < -0.4 is 0 Å². The lowest BCUT2D eigenvalue weighted by Crippen LogP contribution is -2.06. The summed E-state index contributed by atoms with van der Waals surface area (Å²) in [7, 11) is 0. The van der Waals surface area contributed by atoms with E-state index in [-0.39, 0.29) is 11.1 Å². The Morgan fingerprint density at radius 2 is 1.78 bits per heavy atom. The smallest absolute Gasteiger partial charge is 0.276 e. The molecule has 0 amide bonds. The number of rotatable bonds is 2. The van der Waals surface area contributed by atoms with Crippen molar-refractivity contribution in [2.45, 2.75) is 20.0 Å². The standard InChI is InChI=1S/C10H5ClF4O.C2H6/c1-5(9(11)16)7-3-2-6(4-8(7)12)10(13,14)15;1-2/h2-4H,1H2;1-2H3. The molecule has 0 aliphatic carbocycles. The van der Waals surface area contributed by atoms with Crippen molar-refractivity contribution in [3.63, 3.8) is 0 Å². The fourth-order valence-electron chi connectivity index (χ4n) is 1.04. The quantitative estimate of drug-likeness (QED) is 0.438. The van der Waals surface area contributed by atoms with E-state index in [1.165, 1.54) is 0 Å². The summed E-state index contributed by atoms with van der Waals surface area (Å²) < 4.78 is 49.8. The van der Waals surface area contributed by atoms with Gasteiger partial charge < -0.3 is 0 Å². The highest BCUT2D eigenvalue weighted by atomic mass is 35.5. The molecule has 0 fully saturated rings. The van der Waals surface area contributed by atoms with Crippen LogP contribution >= 0.6 is 11.6 Å². The van der Waals surface area contributed by atoms with E-state index in [1.807, 2.05) is 13.8 Å². The van der Waals surface area contributed by atoms with Crippen LogP contribution in [0.25, 0.3) is 5.57 Å². The summed E-state index contributed by atoms with van der Waals surface area (Å²) in [4.78, 5) is 10.7. The van der Waals surface area contributed by atoms with Crippen LogP contribution in [-0.2, 0) is 11.0 Å². The highest BCUT2D eigenvalue weighted by molar-refractivity contribution is 6.74. The van der Waals surface area contributed by atoms with Crippen LogP contribution in [0.15, 0.2) is 24.8 Å². The van der Waals surface area contributed by atoms with Gasteiger partial charge in [0.15, 0.2) is 0 Å². The van der Waals surface area contributed by atoms with Crippen LogP contribution in [0.4, 0.5) is 17.6 Å². The zero-order valence-corrected chi connectivity index (χ0v) is 10.5. The predicted molar refractivity (Wildman–Crippen MR) is 62.6 cm³/mol. The number of alkyl halides is 3. The Bertz CT molecular complexity index is 452. The summed E-state index contributed by atoms with van der Waals surface area (Å²) in [5, 5.41) is -1.02. The Hall–Kier alpha value is -1.36. The van der Waals surface area contributed by atoms with Crippen LogP contribution in [0.1, 0.15) is 25.0 Å². The third-order valence-corrected chi connectivity index (χ3v) is 2.09. The van der Waals surface area contributed by atoms with Gasteiger partial charge in [-0.1, -0.05) is 26.5 Å². The second-order valence-corrected chi connectivity index (χ2v) is 3.29. The maximum Gasteiger partial charge on any atom is 0.416 e. The Labute approximate surface area is 107 Å². The highest BCUT2D eigenvalue weighted by Crippen LogP contribution is 2.31. The number of carbonyl (C=O) groups is 1. The molecule has 0 spiro atoms. The minimum absolute atomic E-state index is 0.292. The summed E-state index contributed by atoms with van der Waals surface area (Å²) in [6.45, 7) is 7.17. The first-order valence-corrected chi connectivity index (χ1v) is 5.37. The topological polar surface area (TPSA) is 17.1 Å². The second-order valence-electron chi connectivity index (χ2n) is 2.94. The second kappa shape index (κ2) is 6.54. The summed E-state index contributed by atoms with van der Waals surface area (Å²) in [5.74, 6) is -1.19. The summed E-state index contributed by atoms with van der Waals surface area (Å²) in [5.41, 5.74) is -1.86. The van der Waals surface area contributed by atoms with Crippen molar-refractivity contribution >= 4 is 22.4 Å². The Balaban J connectivity index is 0.00000137. The maximum atomic E-state index is 13.2. The number of allylic oxidation sites excluding steroid dienone is 1. The zero-order valence-electron chi connectivity index (χ0n) is 9.74. The predicted octanol–water partition coefficient (Wildman–Crippen LogP) is 4.65. The third kappa shape index (κ3) is 4.14. The molecule has 0 saturated heterocycles. The molecule has 0 radical (unpaired) electrons. The molecule has 0 atom stereocenters. The molecule has 1 aromatic carbocycles. The van der Waals surface area contributed by atoms with Crippen molar-refractivity contribution in [3.8, 4) is 0 Å². The van der Waals surface area contributed by atoms with E-state index in [0.717, 1.165) is 6.07 Å². The molecule has 0 aliphatic heterocycles. The van der Waals surface area contributed by atoms with E-state index in [0.29, 0.717) is 12.1 Å². The van der Waals surface area contributed by atoms with Gasteiger partial charge in [0.2, 0.25) is 0 Å². The first kappa shape index (κ1) is 16.6. The summed E-state index contributed by atoms with van der Waals surface area (Å²) >= 11 is 5.04. The molecule has 100 valence electrons. The van der Waals surface area contributed by atoms with E-state index >= 15 is 0 Å². The van der Waals surface area contributed by atoms with Gasteiger partial charge in [0.25, 0.3) is 5.24 Å². The lowest BCUT2D eigenvalue weighted by Gasteiger charge is -2.08. The summed E-state index contributed by atoms with van der Waals surface area (Å²) in [6.07, 6.45) is -4.63. The molecule has 0 aliphatic rings. The average Bonchev–Trinajstić information content (AvgIpc) is 2.29. The van der Waals surface area contributed by atoms with Gasteiger partial charge in [0.05, 0.1) is 5.56 Å². The number of hydrogen-bond donors (Lipinski definition) is 0. The third-order valence-electron chi connectivity index (χ3n) is 1.86. The minimum Gasteiger partial charge on any atom is -0.276 e. The molecule has 0 N–H and O–H groups in total.